The molecule has 6 amide bonds. The van der Waals surface area contributed by atoms with Crippen LogP contribution in [-0.4, -0.2) is 56.5 Å². The summed E-state index contributed by atoms with van der Waals surface area (Å²) in [5, 5.41) is 10.6. The molecule has 4 aliphatic rings. The molecule has 3 fully saturated rings. The van der Waals surface area contributed by atoms with Gasteiger partial charge in [-0.15, -0.1) is 23.2 Å². The molecule has 10 nitrogen and oxygen atoms in total. The van der Waals surface area contributed by atoms with Gasteiger partial charge in [0, 0.05) is 10.4 Å². The summed E-state index contributed by atoms with van der Waals surface area (Å²) in [6.07, 6.45) is 1.34. The largest absolute Gasteiger partial charge is 0.503 e. The van der Waals surface area contributed by atoms with Crippen LogP contribution in [0.3, 0.4) is 0 Å². The number of methoxy groups -OCH3 is 1. The average Bonchev–Trinajstić information content (AvgIpc) is 3.31. The Morgan fingerprint density at radius 2 is 1.72 bits per heavy atom. The second kappa shape index (κ2) is 10.0. The number of hydrogen-bond acceptors (Lipinski definition) is 7. The molecule has 2 aromatic carbocycles. The number of nitrogens with two attached hydrogens (primary N) is 1. The summed E-state index contributed by atoms with van der Waals surface area (Å²) in [4.78, 5) is 64.1. The normalized spacial score (nSPS) is 31.5. The van der Waals surface area contributed by atoms with Crippen LogP contribution in [0, 0.1) is 23.6 Å². The van der Waals surface area contributed by atoms with Gasteiger partial charge in [-0.3, -0.25) is 19.2 Å². The number of anilines is 1. The van der Waals surface area contributed by atoms with E-state index in [2.05, 4.69) is 31.9 Å². The van der Waals surface area contributed by atoms with Gasteiger partial charge in [-0.25, -0.2) is 14.1 Å². The number of amides is 6. The summed E-state index contributed by atoms with van der Waals surface area (Å²) in [5.74, 6) is -8.50. The van der Waals surface area contributed by atoms with Gasteiger partial charge in [0.2, 0.25) is 11.8 Å². The Balaban J connectivity index is 1.62. The van der Waals surface area contributed by atoms with Crippen LogP contribution in [0.2, 0.25) is 0 Å². The Kier molecular flexibility index (Phi) is 7.00. The number of ether oxygens (including phenoxy) is 1. The Labute approximate surface area is 270 Å². The SMILES string of the molecule is COc1cc([C@H]2C3=CC[C@@H]4C(=O)N(C(N)=O)C(=O)[C@@H]4[C@@H]3C[C@@]3(Cl)C(=O)N(c4ccc(F)cc4)C(=O)[C@@]23Cl)c(Br)c(Br)c1O. The Morgan fingerprint density at radius 3 is 2.33 bits per heavy atom. The maximum atomic E-state index is 14.4. The minimum Gasteiger partial charge on any atom is -0.503 e. The molecule has 2 aromatic rings. The van der Waals surface area contributed by atoms with E-state index in [0.717, 1.165) is 17.0 Å². The van der Waals surface area contributed by atoms with Crippen LogP contribution < -0.4 is 15.4 Å². The van der Waals surface area contributed by atoms with Crippen molar-refractivity contribution in [3.63, 3.8) is 0 Å². The first-order valence-electron chi connectivity index (χ1n) is 12.8. The maximum absolute atomic E-state index is 14.4. The number of carbonyl (C=O) groups excluding carboxylic acids is 5. The number of fused-ring (bicyclic) bond motifs is 4. The van der Waals surface area contributed by atoms with Crippen molar-refractivity contribution in [1.82, 2.24) is 4.90 Å². The Hall–Kier alpha value is -3.00. The molecule has 15 heteroatoms. The number of phenolic OH excluding ortho intramolecular Hbond substituents is 1. The van der Waals surface area contributed by atoms with Crippen molar-refractivity contribution in [3.8, 4) is 11.5 Å². The number of benzene rings is 2. The van der Waals surface area contributed by atoms with Gasteiger partial charge in [0.15, 0.2) is 21.2 Å². The number of nitrogens with zero attached hydrogens (tertiary/aromatic N) is 2. The number of rotatable bonds is 3. The molecule has 0 unspecified atom stereocenters. The van der Waals surface area contributed by atoms with Crippen LogP contribution in [0.1, 0.15) is 24.3 Å². The van der Waals surface area contributed by atoms with Crippen molar-refractivity contribution in [2.75, 3.05) is 12.0 Å². The van der Waals surface area contributed by atoms with Crippen molar-refractivity contribution in [1.29, 1.82) is 0 Å². The van der Waals surface area contributed by atoms with Gasteiger partial charge in [-0.05, 0) is 86.5 Å². The van der Waals surface area contributed by atoms with Gasteiger partial charge in [0.1, 0.15) is 5.82 Å². The van der Waals surface area contributed by atoms with E-state index in [1.54, 1.807) is 6.08 Å². The molecular weight excluding hydrogens is 740 g/mol. The lowest BCUT2D eigenvalue weighted by Crippen LogP contribution is -2.60. The molecule has 2 heterocycles. The van der Waals surface area contributed by atoms with Crippen LogP contribution in [0.5, 0.6) is 11.5 Å². The molecule has 0 bridgehead atoms. The van der Waals surface area contributed by atoms with Crippen molar-refractivity contribution in [2.45, 2.75) is 28.5 Å². The number of likely N-dealkylation sites (tertiary alicyclic amines) is 1. The summed E-state index contributed by atoms with van der Waals surface area (Å²) in [5.41, 5.74) is 6.10. The third-order valence-electron chi connectivity index (χ3n) is 8.82. The second-order valence-corrected chi connectivity index (χ2v) is 13.6. The second-order valence-electron chi connectivity index (χ2n) is 10.7. The van der Waals surface area contributed by atoms with E-state index < -0.39 is 68.9 Å². The average molecular weight is 760 g/mol. The number of hydrogen-bond donors (Lipinski definition) is 2. The monoisotopic (exact) mass is 757 g/mol. The lowest BCUT2D eigenvalue weighted by atomic mass is 9.56. The first-order chi connectivity index (χ1) is 20.2. The molecule has 6 atom stereocenters. The number of alkyl halides is 2. The highest BCUT2D eigenvalue weighted by molar-refractivity contribution is 9.13. The smallest absolute Gasteiger partial charge is 0.328 e. The van der Waals surface area contributed by atoms with Gasteiger partial charge in [0.05, 0.1) is 29.1 Å². The van der Waals surface area contributed by atoms with E-state index in [-0.39, 0.29) is 44.5 Å². The molecule has 0 spiro atoms. The Bertz CT molecular complexity index is 1710. The lowest BCUT2D eigenvalue weighted by molar-refractivity contribution is -0.136. The number of imide groups is 4. The summed E-state index contributed by atoms with van der Waals surface area (Å²) in [6.45, 7) is 0. The van der Waals surface area contributed by atoms with Crippen LogP contribution in [-0.2, 0) is 19.2 Å². The van der Waals surface area contributed by atoms with Crippen LogP contribution in [0.15, 0.2) is 50.9 Å². The van der Waals surface area contributed by atoms with E-state index in [1.165, 1.54) is 25.3 Å². The minimum absolute atomic E-state index is 0.00103. The summed E-state index contributed by atoms with van der Waals surface area (Å²) < 4.78 is 19.5. The number of phenols is 1. The quantitative estimate of drug-likeness (QED) is 0.262. The lowest BCUT2D eigenvalue weighted by Gasteiger charge is -2.51. The zero-order valence-corrected chi connectivity index (χ0v) is 26.6. The summed E-state index contributed by atoms with van der Waals surface area (Å²) in [6, 6.07) is 4.82. The zero-order chi connectivity index (χ0) is 31.3. The van der Waals surface area contributed by atoms with Crippen molar-refractivity contribution >= 4 is 90.4 Å². The van der Waals surface area contributed by atoms with E-state index in [4.69, 9.17) is 33.7 Å². The molecule has 2 saturated heterocycles. The molecule has 0 radical (unpaired) electrons. The van der Waals surface area contributed by atoms with Crippen LogP contribution in [0.4, 0.5) is 14.9 Å². The fourth-order valence-electron chi connectivity index (χ4n) is 6.94. The highest BCUT2D eigenvalue weighted by Gasteiger charge is 2.77. The molecule has 2 aliphatic heterocycles. The molecule has 43 heavy (non-hydrogen) atoms. The predicted octanol–water partition coefficient (Wildman–Crippen LogP) is 4.71. The fraction of sp³-hybridized carbons (Fsp3) is 0.321. The first-order valence-corrected chi connectivity index (χ1v) is 15.2. The van der Waals surface area contributed by atoms with Crippen molar-refractivity contribution < 1.29 is 38.2 Å². The standard InChI is InChI=1S/C28H20Br2Cl2FN3O7/c1-43-16-8-14(19(29)20(30)21(16)37)18-12-6-7-13-17(23(39)36(22(13)38)26(34)42)15(12)9-27(31)24(40)35(25(41)28(18,27)32)11-4-2-10(33)3-5-11/h2-6,8,13,15,17-18,37H,7,9H2,1H3,(H2,34,42)/t13-,15+,17-,18+,27+,28-/m0/s1. The zero-order valence-electron chi connectivity index (χ0n) is 21.9. The van der Waals surface area contributed by atoms with Crippen molar-refractivity contribution in [3.05, 3.63) is 62.3 Å². The highest BCUT2D eigenvalue weighted by atomic mass is 79.9. The third-order valence-corrected chi connectivity index (χ3v) is 12.4. The highest BCUT2D eigenvalue weighted by Crippen LogP contribution is 2.67. The molecule has 6 rings (SSSR count). The minimum atomic E-state index is -2.21. The van der Waals surface area contributed by atoms with Gasteiger partial charge in [0.25, 0.3) is 11.8 Å². The van der Waals surface area contributed by atoms with E-state index in [1.807, 2.05) is 0 Å². The van der Waals surface area contributed by atoms with Crippen LogP contribution >= 0.6 is 55.1 Å². The first kappa shape index (κ1) is 30.0. The Morgan fingerprint density at radius 1 is 1.07 bits per heavy atom. The van der Waals surface area contributed by atoms with Gasteiger partial charge >= 0.3 is 6.03 Å². The van der Waals surface area contributed by atoms with Gasteiger partial charge < -0.3 is 15.6 Å². The number of aromatic hydroxyl groups is 1. The molecular formula is C28H20Br2Cl2FN3O7. The number of carbonyl (C=O) groups is 5. The van der Waals surface area contributed by atoms with E-state index in [9.17, 15) is 33.5 Å². The summed E-state index contributed by atoms with van der Waals surface area (Å²) >= 11 is 21.4. The molecule has 224 valence electrons. The van der Waals surface area contributed by atoms with Gasteiger partial charge in [-0.1, -0.05) is 11.6 Å². The molecule has 2 aliphatic carbocycles. The van der Waals surface area contributed by atoms with E-state index >= 15 is 0 Å². The maximum Gasteiger partial charge on any atom is 0.328 e. The molecule has 1 saturated carbocycles. The van der Waals surface area contributed by atoms with Crippen LogP contribution in [0.25, 0.3) is 0 Å². The topological polar surface area (TPSA) is 147 Å². The predicted molar refractivity (Wildman–Crippen MR) is 158 cm³/mol. The van der Waals surface area contributed by atoms with Crippen molar-refractivity contribution in [2.24, 2.45) is 23.5 Å². The van der Waals surface area contributed by atoms with Gasteiger partial charge in [-0.2, -0.15) is 4.90 Å². The number of urea groups is 1. The van der Waals surface area contributed by atoms with E-state index in [0.29, 0.717) is 10.5 Å². The fourth-order valence-corrected chi connectivity index (χ4v) is 8.82. The number of allylic oxidation sites excluding steroid dienone is 2. The number of halogens is 5. The summed E-state index contributed by atoms with van der Waals surface area (Å²) in [7, 11) is 1.32. The number of primary amides is 1. The molecule has 3 N–H and O–H groups in total. The molecule has 0 aromatic heterocycles. The third kappa shape index (κ3) is 3.83.